The third-order valence-corrected chi connectivity index (χ3v) is 4.49. The fourth-order valence-corrected chi connectivity index (χ4v) is 3.04. The quantitative estimate of drug-likeness (QED) is 0.537. The summed E-state index contributed by atoms with van der Waals surface area (Å²) in [6.07, 6.45) is -1.95. The molecular formula is C17H18ClF3N4S. The van der Waals surface area contributed by atoms with Gasteiger partial charge in [-0.2, -0.15) is 18.3 Å². The maximum Gasteiger partial charge on any atom is 0.435 e. The zero-order valence-electron chi connectivity index (χ0n) is 13.8. The van der Waals surface area contributed by atoms with Crippen LogP contribution in [0.3, 0.4) is 0 Å². The highest BCUT2D eigenvalue weighted by Crippen LogP contribution is 2.42. The number of anilines is 1. The van der Waals surface area contributed by atoms with E-state index in [0.717, 1.165) is 18.5 Å². The van der Waals surface area contributed by atoms with E-state index < -0.39 is 11.9 Å². The van der Waals surface area contributed by atoms with Gasteiger partial charge in [0.15, 0.2) is 10.8 Å². The Morgan fingerprint density at radius 2 is 2.08 bits per heavy atom. The molecule has 4 nitrogen and oxygen atoms in total. The van der Waals surface area contributed by atoms with Gasteiger partial charge in [-0.3, -0.25) is 4.68 Å². The van der Waals surface area contributed by atoms with Crippen LogP contribution in [0.5, 0.6) is 0 Å². The molecule has 2 aromatic rings. The molecule has 1 aliphatic carbocycles. The molecule has 0 amide bonds. The van der Waals surface area contributed by atoms with Gasteiger partial charge in [0.05, 0.1) is 0 Å². The molecule has 1 aromatic carbocycles. The highest BCUT2D eigenvalue weighted by atomic mass is 35.5. The van der Waals surface area contributed by atoms with Crippen LogP contribution in [0.4, 0.5) is 18.9 Å². The van der Waals surface area contributed by atoms with Gasteiger partial charge in [0.2, 0.25) is 0 Å². The van der Waals surface area contributed by atoms with Crippen molar-refractivity contribution in [1.29, 1.82) is 0 Å². The number of hydrogen-bond donors (Lipinski definition) is 2. The number of thiocarbonyl (C=S) groups is 1. The highest BCUT2D eigenvalue weighted by Gasteiger charge is 2.37. The zero-order chi connectivity index (χ0) is 18.7. The van der Waals surface area contributed by atoms with Gasteiger partial charge >= 0.3 is 6.18 Å². The Balaban J connectivity index is 1.49. The van der Waals surface area contributed by atoms with E-state index in [9.17, 15) is 13.2 Å². The minimum absolute atomic E-state index is 0.206. The fourth-order valence-electron chi connectivity index (χ4n) is 2.63. The fraction of sp³-hybridized carbons (Fsp3) is 0.412. The Hall–Kier alpha value is -1.80. The number of rotatable bonds is 6. The number of benzene rings is 1. The third kappa shape index (κ3) is 5.11. The molecule has 140 valence electrons. The van der Waals surface area contributed by atoms with Gasteiger partial charge < -0.3 is 10.6 Å². The van der Waals surface area contributed by atoms with Gasteiger partial charge in [0.25, 0.3) is 0 Å². The zero-order valence-corrected chi connectivity index (χ0v) is 15.4. The molecular weight excluding hydrogens is 385 g/mol. The lowest BCUT2D eigenvalue weighted by Crippen LogP contribution is -2.29. The van der Waals surface area contributed by atoms with E-state index in [4.69, 9.17) is 23.8 Å². The second-order valence-electron chi connectivity index (χ2n) is 6.19. The van der Waals surface area contributed by atoms with E-state index in [1.165, 1.54) is 10.7 Å². The molecule has 9 heteroatoms. The minimum Gasteiger partial charge on any atom is -0.362 e. The monoisotopic (exact) mass is 402 g/mol. The summed E-state index contributed by atoms with van der Waals surface area (Å²) in [5, 5.41) is 10.8. The van der Waals surface area contributed by atoms with E-state index in [0.29, 0.717) is 35.3 Å². The molecule has 1 aliphatic rings. The SMILES string of the molecule is FC(F)(F)c1cc(C2CC2)n(CCCNC(=S)Nc2cccc(Cl)c2)n1. The van der Waals surface area contributed by atoms with Crippen molar-refractivity contribution >= 4 is 34.6 Å². The molecule has 0 bridgehead atoms. The van der Waals surface area contributed by atoms with Crippen molar-refractivity contribution in [2.45, 2.75) is 37.9 Å². The number of halogens is 4. The Bertz CT molecular complexity index is 787. The van der Waals surface area contributed by atoms with Gasteiger partial charge in [0, 0.05) is 35.4 Å². The topological polar surface area (TPSA) is 41.9 Å². The van der Waals surface area contributed by atoms with Gasteiger partial charge in [-0.1, -0.05) is 17.7 Å². The second-order valence-corrected chi connectivity index (χ2v) is 7.04. The van der Waals surface area contributed by atoms with Crippen LogP contribution in [0.1, 0.15) is 36.6 Å². The average molecular weight is 403 g/mol. The summed E-state index contributed by atoms with van der Waals surface area (Å²) in [5.41, 5.74) is 0.635. The van der Waals surface area contributed by atoms with Crippen LogP contribution in [0.2, 0.25) is 5.02 Å². The molecule has 3 rings (SSSR count). The first-order valence-electron chi connectivity index (χ1n) is 8.28. The lowest BCUT2D eigenvalue weighted by Gasteiger charge is -2.11. The van der Waals surface area contributed by atoms with Gasteiger partial charge in [-0.25, -0.2) is 0 Å². The number of nitrogens with zero attached hydrogens (tertiary/aromatic N) is 2. The first kappa shape index (κ1) is 19.0. The Kier molecular flexibility index (Phi) is 5.72. The van der Waals surface area contributed by atoms with Gasteiger partial charge in [-0.05, 0) is 55.7 Å². The highest BCUT2D eigenvalue weighted by molar-refractivity contribution is 7.80. The van der Waals surface area contributed by atoms with Crippen LogP contribution in [0.25, 0.3) is 0 Å². The van der Waals surface area contributed by atoms with Crippen molar-refractivity contribution in [2.24, 2.45) is 0 Å². The normalized spacial score (nSPS) is 14.3. The van der Waals surface area contributed by atoms with Crippen molar-refractivity contribution in [2.75, 3.05) is 11.9 Å². The number of nitrogens with one attached hydrogen (secondary N) is 2. The molecule has 26 heavy (non-hydrogen) atoms. The van der Waals surface area contributed by atoms with E-state index in [1.54, 1.807) is 12.1 Å². The smallest absolute Gasteiger partial charge is 0.362 e. The number of alkyl halides is 3. The van der Waals surface area contributed by atoms with Crippen LogP contribution in [-0.4, -0.2) is 21.4 Å². The van der Waals surface area contributed by atoms with Crippen molar-refractivity contribution in [3.05, 3.63) is 46.7 Å². The summed E-state index contributed by atoms with van der Waals surface area (Å²) in [5.74, 6) is 0.206. The number of hydrogen-bond acceptors (Lipinski definition) is 2. The average Bonchev–Trinajstić information content (AvgIpc) is 3.30. The molecule has 1 saturated carbocycles. The molecule has 1 fully saturated rings. The molecule has 0 atom stereocenters. The Morgan fingerprint density at radius 1 is 1.31 bits per heavy atom. The maximum absolute atomic E-state index is 12.9. The van der Waals surface area contributed by atoms with Crippen molar-refractivity contribution in [3.8, 4) is 0 Å². The maximum atomic E-state index is 12.9. The first-order chi connectivity index (χ1) is 12.3. The van der Waals surface area contributed by atoms with Crippen molar-refractivity contribution in [3.63, 3.8) is 0 Å². The predicted octanol–water partition coefficient (Wildman–Crippen LogP) is 4.81. The first-order valence-corrected chi connectivity index (χ1v) is 9.07. The molecule has 0 spiro atoms. The molecule has 2 N–H and O–H groups in total. The summed E-state index contributed by atoms with van der Waals surface area (Å²) in [6.45, 7) is 0.937. The number of aryl methyl sites for hydroxylation is 1. The van der Waals surface area contributed by atoms with E-state index >= 15 is 0 Å². The molecule has 0 radical (unpaired) electrons. The number of aromatic nitrogens is 2. The lowest BCUT2D eigenvalue weighted by molar-refractivity contribution is -0.141. The molecule has 1 heterocycles. The van der Waals surface area contributed by atoms with Crippen molar-refractivity contribution < 1.29 is 13.2 Å². The largest absolute Gasteiger partial charge is 0.435 e. The molecule has 0 aliphatic heterocycles. The molecule has 0 saturated heterocycles. The summed E-state index contributed by atoms with van der Waals surface area (Å²) >= 11 is 11.1. The van der Waals surface area contributed by atoms with E-state index in [-0.39, 0.29) is 5.92 Å². The van der Waals surface area contributed by atoms with Crippen LogP contribution in [-0.2, 0) is 12.7 Å². The van der Waals surface area contributed by atoms with E-state index in [2.05, 4.69) is 15.7 Å². The van der Waals surface area contributed by atoms with Gasteiger partial charge in [0.1, 0.15) is 0 Å². The summed E-state index contributed by atoms with van der Waals surface area (Å²) in [4.78, 5) is 0. The van der Waals surface area contributed by atoms with Crippen LogP contribution in [0.15, 0.2) is 30.3 Å². The lowest BCUT2D eigenvalue weighted by atomic mass is 10.2. The minimum atomic E-state index is -4.41. The molecule has 1 aromatic heterocycles. The van der Waals surface area contributed by atoms with Crippen LogP contribution < -0.4 is 10.6 Å². The molecule has 0 unspecified atom stereocenters. The summed E-state index contributed by atoms with van der Waals surface area (Å²) in [7, 11) is 0. The van der Waals surface area contributed by atoms with Crippen molar-refractivity contribution in [1.82, 2.24) is 15.1 Å². The summed E-state index contributed by atoms with van der Waals surface area (Å²) in [6, 6.07) is 8.34. The van der Waals surface area contributed by atoms with E-state index in [1.807, 2.05) is 12.1 Å². The summed E-state index contributed by atoms with van der Waals surface area (Å²) < 4.78 is 40.1. The van der Waals surface area contributed by atoms with Crippen LogP contribution >= 0.6 is 23.8 Å². The standard InChI is InChI=1S/C17H18ClF3N4S/c18-12-3-1-4-13(9-12)23-16(26)22-7-2-8-25-14(11-5-6-11)10-15(24-25)17(19,20)21/h1,3-4,9-11H,2,5-8H2,(H2,22,23,26). The predicted molar refractivity (Wildman–Crippen MR) is 99.5 cm³/mol. The Labute approximate surface area is 159 Å². The Morgan fingerprint density at radius 3 is 2.73 bits per heavy atom. The second kappa shape index (κ2) is 7.84. The van der Waals surface area contributed by atoms with Crippen LogP contribution in [0, 0.1) is 0 Å². The van der Waals surface area contributed by atoms with Gasteiger partial charge in [-0.15, -0.1) is 0 Å². The third-order valence-electron chi connectivity index (χ3n) is 4.01.